The second-order valence-electron chi connectivity index (χ2n) is 7.08. The summed E-state index contributed by atoms with van der Waals surface area (Å²) in [6.45, 7) is 0.0811. The molecular weight excluding hydrogens is 412 g/mol. The Morgan fingerprint density at radius 2 is 1.70 bits per heavy atom. The number of hydrogen-bond acceptors (Lipinski definition) is 2. The van der Waals surface area contributed by atoms with E-state index in [4.69, 9.17) is 11.6 Å². The standard InChI is InChI=1S/C23H16ClF2NO3/c24-15-8-5-13(6-9-15)12-27-21(14-7-10-18(25)19(26)11-14)20(23(29)30)16-3-1-2-4-17(16)22(27)28/h1-11,20-21H,12H2,(H,29,30)/t20-,21+/m0/s1. The van der Waals surface area contributed by atoms with Gasteiger partial charge in [-0.05, 0) is 47.0 Å². The molecule has 30 heavy (non-hydrogen) atoms. The molecule has 1 aliphatic rings. The molecule has 0 aromatic heterocycles. The molecule has 1 N–H and O–H groups in total. The van der Waals surface area contributed by atoms with Crippen molar-refractivity contribution in [3.63, 3.8) is 0 Å². The number of carbonyl (C=O) groups is 2. The quantitative estimate of drug-likeness (QED) is 0.624. The highest BCUT2D eigenvalue weighted by Crippen LogP contribution is 2.43. The number of carbonyl (C=O) groups excluding carboxylic acids is 1. The minimum absolute atomic E-state index is 0.0811. The number of hydrogen-bond donors (Lipinski definition) is 1. The summed E-state index contributed by atoms with van der Waals surface area (Å²) < 4.78 is 27.5. The van der Waals surface area contributed by atoms with E-state index in [1.807, 2.05) is 0 Å². The fourth-order valence-corrected chi connectivity index (χ4v) is 4.01. The first kappa shape index (κ1) is 20.0. The molecule has 4 nitrogen and oxygen atoms in total. The first-order valence-electron chi connectivity index (χ1n) is 9.19. The molecule has 1 heterocycles. The first-order valence-corrected chi connectivity index (χ1v) is 9.56. The Morgan fingerprint density at radius 1 is 1.00 bits per heavy atom. The molecule has 0 saturated heterocycles. The Morgan fingerprint density at radius 3 is 2.37 bits per heavy atom. The zero-order chi connectivity index (χ0) is 21.4. The van der Waals surface area contributed by atoms with Gasteiger partial charge < -0.3 is 10.0 Å². The maximum Gasteiger partial charge on any atom is 0.313 e. The maximum absolute atomic E-state index is 14.0. The molecule has 0 spiro atoms. The molecule has 1 amide bonds. The lowest BCUT2D eigenvalue weighted by atomic mass is 9.79. The molecule has 0 saturated carbocycles. The van der Waals surface area contributed by atoms with Crippen molar-refractivity contribution in [1.82, 2.24) is 4.90 Å². The predicted molar refractivity (Wildman–Crippen MR) is 107 cm³/mol. The number of carboxylic acid groups (broad SMARTS) is 1. The number of halogens is 3. The molecule has 7 heteroatoms. The van der Waals surface area contributed by atoms with Crippen LogP contribution >= 0.6 is 11.6 Å². The van der Waals surface area contributed by atoms with Crippen molar-refractivity contribution in [3.8, 4) is 0 Å². The normalized spacial score (nSPS) is 18.2. The predicted octanol–water partition coefficient (Wildman–Crippen LogP) is 5.18. The van der Waals surface area contributed by atoms with Crippen LogP contribution in [0.25, 0.3) is 0 Å². The molecule has 0 fully saturated rings. The van der Waals surface area contributed by atoms with Gasteiger partial charge in [0.1, 0.15) is 5.92 Å². The molecule has 3 aromatic rings. The highest BCUT2D eigenvalue weighted by Gasteiger charge is 2.44. The zero-order valence-electron chi connectivity index (χ0n) is 15.6. The summed E-state index contributed by atoms with van der Waals surface area (Å²) in [4.78, 5) is 27.0. The second kappa shape index (κ2) is 7.88. The third kappa shape index (κ3) is 3.55. The molecule has 1 aliphatic heterocycles. The van der Waals surface area contributed by atoms with E-state index in [0.717, 1.165) is 17.7 Å². The first-order chi connectivity index (χ1) is 14.4. The van der Waals surface area contributed by atoms with Crippen LogP contribution in [-0.4, -0.2) is 21.9 Å². The van der Waals surface area contributed by atoms with E-state index in [1.54, 1.807) is 48.5 Å². The van der Waals surface area contributed by atoms with Gasteiger partial charge in [-0.2, -0.15) is 0 Å². The molecule has 0 radical (unpaired) electrons. The molecule has 3 aromatic carbocycles. The van der Waals surface area contributed by atoms with E-state index in [2.05, 4.69) is 0 Å². The largest absolute Gasteiger partial charge is 0.481 e. The van der Waals surface area contributed by atoms with Crippen molar-refractivity contribution in [2.75, 3.05) is 0 Å². The third-order valence-electron chi connectivity index (χ3n) is 5.26. The van der Waals surface area contributed by atoms with Crippen LogP contribution in [-0.2, 0) is 11.3 Å². The average molecular weight is 428 g/mol. The van der Waals surface area contributed by atoms with Crippen molar-refractivity contribution < 1.29 is 23.5 Å². The van der Waals surface area contributed by atoms with E-state index in [1.165, 1.54) is 11.0 Å². The summed E-state index contributed by atoms with van der Waals surface area (Å²) in [7, 11) is 0. The van der Waals surface area contributed by atoms with Gasteiger partial charge in [0.05, 0.1) is 6.04 Å². The molecule has 0 aliphatic carbocycles. The second-order valence-corrected chi connectivity index (χ2v) is 7.52. The van der Waals surface area contributed by atoms with Gasteiger partial charge in [-0.1, -0.05) is 48.0 Å². The molecule has 4 rings (SSSR count). The van der Waals surface area contributed by atoms with Gasteiger partial charge >= 0.3 is 5.97 Å². The maximum atomic E-state index is 14.0. The summed E-state index contributed by atoms with van der Waals surface area (Å²) in [5.74, 6) is -4.83. The minimum Gasteiger partial charge on any atom is -0.481 e. The van der Waals surface area contributed by atoms with E-state index in [0.29, 0.717) is 10.6 Å². The van der Waals surface area contributed by atoms with E-state index >= 15 is 0 Å². The van der Waals surface area contributed by atoms with E-state index < -0.39 is 29.6 Å². The fraction of sp³-hybridized carbons (Fsp3) is 0.130. The van der Waals surface area contributed by atoms with Gasteiger partial charge in [0.15, 0.2) is 11.6 Å². The number of fused-ring (bicyclic) bond motifs is 1. The summed E-state index contributed by atoms with van der Waals surface area (Å²) in [6, 6.07) is 15.4. The average Bonchev–Trinajstić information content (AvgIpc) is 2.73. The summed E-state index contributed by atoms with van der Waals surface area (Å²) in [5, 5.41) is 10.5. The van der Waals surface area contributed by atoms with E-state index in [-0.39, 0.29) is 23.6 Å². The van der Waals surface area contributed by atoms with Gasteiger partial charge in [0.2, 0.25) is 0 Å². The van der Waals surface area contributed by atoms with Crippen molar-refractivity contribution >= 4 is 23.5 Å². The fourth-order valence-electron chi connectivity index (χ4n) is 3.89. The van der Waals surface area contributed by atoms with Crippen molar-refractivity contribution in [1.29, 1.82) is 0 Å². The van der Waals surface area contributed by atoms with Crippen LogP contribution in [0.5, 0.6) is 0 Å². The Labute approximate surface area is 176 Å². The van der Waals surface area contributed by atoms with Gasteiger partial charge in [-0.25, -0.2) is 8.78 Å². The van der Waals surface area contributed by atoms with E-state index in [9.17, 15) is 23.5 Å². The highest BCUT2D eigenvalue weighted by atomic mass is 35.5. The van der Waals surface area contributed by atoms with Crippen molar-refractivity contribution in [3.05, 3.63) is 106 Å². The number of rotatable bonds is 4. The number of amides is 1. The Balaban J connectivity index is 1.89. The van der Waals surface area contributed by atoms with Crippen LogP contribution in [0.1, 0.15) is 39.0 Å². The smallest absolute Gasteiger partial charge is 0.313 e. The Hall–Kier alpha value is -3.25. The molecular formula is C23H16ClF2NO3. The molecule has 152 valence electrons. The van der Waals surface area contributed by atoms with Crippen LogP contribution in [0.3, 0.4) is 0 Å². The van der Waals surface area contributed by atoms with Gasteiger partial charge in [-0.15, -0.1) is 0 Å². The lowest BCUT2D eigenvalue weighted by molar-refractivity contribution is -0.140. The van der Waals surface area contributed by atoms with Crippen molar-refractivity contribution in [2.45, 2.75) is 18.5 Å². The van der Waals surface area contributed by atoms with Gasteiger partial charge in [-0.3, -0.25) is 9.59 Å². The SMILES string of the molecule is O=C(O)[C@H]1c2ccccc2C(=O)N(Cc2ccc(Cl)cc2)[C@@H]1c1ccc(F)c(F)c1. The number of nitrogens with zero attached hydrogens (tertiary/aromatic N) is 1. The van der Waals surface area contributed by atoms with Crippen LogP contribution < -0.4 is 0 Å². The summed E-state index contributed by atoms with van der Waals surface area (Å²) in [5.41, 5.74) is 1.55. The lowest BCUT2D eigenvalue weighted by Crippen LogP contribution is -2.44. The Bertz CT molecular complexity index is 1130. The highest BCUT2D eigenvalue weighted by molar-refractivity contribution is 6.30. The summed E-state index contributed by atoms with van der Waals surface area (Å²) in [6.07, 6.45) is 0. The topological polar surface area (TPSA) is 57.6 Å². The lowest BCUT2D eigenvalue weighted by Gasteiger charge is -2.41. The molecule has 2 atom stereocenters. The number of aliphatic carboxylic acids is 1. The monoisotopic (exact) mass is 427 g/mol. The molecule has 0 bridgehead atoms. The minimum atomic E-state index is -1.16. The number of carboxylic acids is 1. The summed E-state index contributed by atoms with van der Waals surface area (Å²) >= 11 is 5.94. The van der Waals surface area contributed by atoms with Crippen LogP contribution in [0, 0.1) is 11.6 Å². The third-order valence-corrected chi connectivity index (χ3v) is 5.51. The Kier molecular flexibility index (Phi) is 5.26. The molecule has 0 unspecified atom stereocenters. The zero-order valence-corrected chi connectivity index (χ0v) is 16.3. The van der Waals surface area contributed by atoms with Crippen LogP contribution in [0.4, 0.5) is 8.78 Å². The number of benzene rings is 3. The van der Waals surface area contributed by atoms with Crippen molar-refractivity contribution in [2.24, 2.45) is 0 Å². The van der Waals surface area contributed by atoms with Crippen LogP contribution in [0.15, 0.2) is 66.7 Å². The van der Waals surface area contributed by atoms with Gasteiger partial charge in [0.25, 0.3) is 5.91 Å². The van der Waals surface area contributed by atoms with Crippen LogP contribution in [0.2, 0.25) is 5.02 Å². The van der Waals surface area contributed by atoms with Gasteiger partial charge in [0, 0.05) is 17.1 Å².